The van der Waals surface area contributed by atoms with E-state index in [1.165, 1.54) is 17.7 Å². The zero-order chi connectivity index (χ0) is 21.7. The molecule has 0 aromatic rings. The molecule has 7 N–H and O–H groups in total. The maximum atomic E-state index is 11.6. The van der Waals surface area contributed by atoms with E-state index in [2.05, 4.69) is 19.2 Å². The van der Waals surface area contributed by atoms with Crippen LogP contribution >= 0.6 is 0 Å². The van der Waals surface area contributed by atoms with Crippen LogP contribution in [0.15, 0.2) is 0 Å². The molecule has 0 bridgehead atoms. The molecular weight excluding hydrogens is 350 g/mol. The van der Waals surface area contributed by atoms with Crippen LogP contribution < -0.4 is 22.5 Å². The molecule has 0 fully saturated rings. The molecule has 0 aliphatic carbocycles. The van der Waals surface area contributed by atoms with Crippen LogP contribution in [0.4, 0.5) is 0 Å². The van der Waals surface area contributed by atoms with E-state index in [4.69, 9.17) is 17.2 Å². The molecule has 0 spiro atoms. The molecule has 0 radical (unpaired) electrons. The quantitative estimate of drug-likeness (QED) is 0.331. The highest BCUT2D eigenvalue weighted by Crippen LogP contribution is 1.97. The van der Waals surface area contributed by atoms with Crippen LogP contribution in [0, 0.1) is 0 Å². The van der Waals surface area contributed by atoms with Crippen LogP contribution in [-0.2, 0) is 19.2 Å². The number of amides is 4. The molecule has 0 aromatic carbocycles. The van der Waals surface area contributed by atoms with E-state index in [1.54, 1.807) is 0 Å². The lowest BCUT2D eigenvalue weighted by molar-refractivity contribution is -0.126. The molecule has 160 valence electrons. The van der Waals surface area contributed by atoms with E-state index < -0.39 is 11.8 Å². The van der Waals surface area contributed by atoms with Crippen molar-refractivity contribution >= 4 is 23.6 Å². The number of hydrogen-bond acceptors (Lipinski definition) is 5. The van der Waals surface area contributed by atoms with Gasteiger partial charge in [0.15, 0.2) is 0 Å². The zero-order valence-electron chi connectivity index (χ0n) is 17.4. The van der Waals surface area contributed by atoms with Gasteiger partial charge >= 0.3 is 0 Å². The monoisotopic (exact) mass is 389 g/mol. The second kappa shape index (κ2) is 21.9. The molecule has 0 rings (SSSR count). The minimum atomic E-state index is -0.643. The highest BCUT2D eigenvalue weighted by molar-refractivity contribution is 5.82. The Morgan fingerprint density at radius 1 is 0.741 bits per heavy atom. The summed E-state index contributed by atoms with van der Waals surface area (Å²) in [5, 5.41) is 2.65. The molecule has 0 unspecified atom stereocenters. The average molecular weight is 390 g/mol. The van der Waals surface area contributed by atoms with Crippen molar-refractivity contribution in [2.45, 2.75) is 66.2 Å². The number of nitrogens with one attached hydrogen (secondary N) is 1. The van der Waals surface area contributed by atoms with Gasteiger partial charge in [0.05, 0.1) is 19.6 Å². The molecule has 4 amide bonds. The summed E-state index contributed by atoms with van der Waals surface area (Å²) in [6, 6.07) is 0. The van der Waals surface area contributed by atoms with Gasteiger partial charge in [0.25, 0.3) is 0 Å². The predicted octanol–water partition coefficient (Wildman–Crippen LogP) is 0.254. The number of unbranched alkanes of at least 4 members (excludes halogenated alkanes) is 3. The van der Waals surface area contributed by atoms with Crippen molar-refractivity contribution in [2.75, 3.05) is 26.2 Å². The third-order valence-corrected chi connectivity index (χ3v) is 3.05. The SMILES string of the molecule is CC.CCCC.NC(=O)CCCCCNC(=O)CN(CC(N)=O)CC(N)=O. The van der Waals surface area contributed by atoms with Gasteiger partial charge in [0.1, 0.15) is 0 Å². The first-order chi connectivity index (χ1) is 12.7. The lowest BCUT2D eigenvalue weighted by Gasteiger charge is -2.18. The lowest BCUT2D eigenvalue weighted by atomic mass is 10.2. The molecule has 0 aromatic heterocycles. The van der Waals surface area contributed by atoms with Gasteiger partial charge in [-0.3, -0.25) is 24.1 Å². The van der Waals surface area contributed by atoms with Gasteiger partial charge in [-0.25, -0.2) is 0 Å². The van der Waals surface area contributed by atoms with Crippen molar-refractivity contribution in [1.29, 1.82) is 0 Å². The van der Waals surface area contributed by atoms with Crippen LogP contribution in [0.2, 0.25) is 0 Å². The van der Waals surface area contributed by atoms with Crippen molar-refractivity contribution in [1.82, 2.24) is 10.2 Å². The Kier molecular flexibility index (Phi) is 24.0. The Morgan fingerprint density at radius 2 is 1.22 bits per heavy atom. The molecule has 27 heavy (non-hydrogen) atoms. The minimum absolute atomic E-state index is 0.132. The summed E-state index contributed by atoms with van der Waals surface area (Å²) in [5.41, 5.74) is 15.0. The smallest absolute Gasteiger partial charge is 0.234 e. The maximum Gasteiger partial charge on any atom is 0.234 e. The standard InChI is InChI=1S/C12H23N5O4.C4H10.C2H6/c13-9(18)4-2-1-3-5-16-12(21)8-17(6-10(14)19)7-11(15)20;1-3-4-2;1-2/h1-8H2,(H2,13,18)(H2,14,19)(H2,15,20)(H,16,21);3-4H2,1-2H3;1-2H3. The fourth-order valence-corrected chi connectivity index (χ4v) is 1.70. The first-order valence-electron chi connectivity index (χ1n) is 9.56. The number of nitrogens with zero attached hydrogens (tertiary/aromatic N) is 1. The van der Waals surface area contributed by atoms with E-state index in [0.29, 0.717) is 25.8 Å². The maximum absolute atomic E-state index is 11.6. The molecule has 9 heteroatoms. The average Bonchev–Trinajstić information content (AvgIpc) is 2.58. The van der Waals surface area contributed by atoms with Crippen LogP contribution in [-0.4, -0.2) is 54.7 Å². The Labute approximate surface area is 163 Å². The van der Waals surface area contributed by atoms with Crippen LogP contribution in [0.5, 0.6) is 0 Å². The summed E-state index contributed by atoms with van der Waals surface area (Å²) in [5.74, 6) is -1.95. The highest BCUT2D eigenvalue weighted by Gasteiger charge is 2.14. The third-order valence-electron chi connectivity index (χ3n) is 3.05. The van der Waals surface area contributed by atoms with Gasteiger partial charge in [-0.05, 0) is 12.8 Å². The zero-order valence-corrected chi connectivity index (χ0v) is 17.4. The second-order valence-corrected chi connectivity index (χ2v) is 5.70. The fourth-order valence-electron chi connectivity index (χ4n) is 1.70. The molecule has 0 aliphatic heterocycles. The molecular formula is C18H39N5O4. The largest absolute Gasteiger partial charge is 0.370 e. The van der Waals surface area contributed by atoms with Crippen molar-refractivity contribution in [2.24, 2.45) is 17.2 Å². The molecule has 9 nitrogen and oxygen atoms in total. The van der Waals surface area contributed by atoms with Crippen LogP contribution in [0.3, 0.4) is 0 Å². The molecule has 0 aliphatic rings. The van der Waals surface area contributed by atoms with E-state index in [-0.39, 0.29) is 31.4 Å². The molecule has 0 saturated carbocycles. The normalized spacial score (nSPS) is 9.37. The van der Waals surface area contributed by atoms with Crippen LogP contribution in [0.1, 0.15) is 66.2 Å². The summed E-state index contributed by atoms with van der Waals surface area (Å²) in [4.78, 5) is 45.0. The number of primary amides is 3. The van der Waals surface area contributed by atoms with Gasteiger partial charge < -0.3 is 22.5 Å². The number of carbonyl (C=O) groups excluding carboxylic acids is 4. The van der Waals surface area contributed by atoms with Crippen molar-refractivity contribution in [3.63, 3.8) is 0 Å². The number of carbonyl (C=O) groups is 4. The van der Waals surface area contributed by atoms with Crippen molar-refractivity contribution < 1.29 is 19.2 Å². The molecule has 0 heterocycles. The molecule has 0 saturated heterocycles. The Bertz CT molecular complexity index is 399. The lowest BCUT2D eigenvalue weighted by Crippen LogP contribution is -2.45. The predicted molar refractivity (Wildman–Crippen MR) is 107 cm³/mol. The first kappa shape index (κ1) is 29.6. The van der Waals surface area contributed by atoms with Gasteiger partial charge in [-0.15, -0.1) is 0 Å². The van der Waals surface area contributed by atoms with Crippen molar-refractivity contribution in [3.8, 4) is 0 Å². The summed E-state index contributed by atoms with van der Waals surface area (Å²) < 4.78 is 0. The Balaban J connectivity index is -0.000000841. The number of nitrogens with two attached hydrogens (primary N) is 3. The van der Waals surface area contributed by atoms with E-state index >= 15 is 0 Å². The minimum Gasteiger partial charge on any atom is -0.370 e. The number of rotatable bonds is 13. The van der Waals surface area contributed by atoms with Gasteiger partial charge in [0.2, 0.25) is 23.6 Å². The second-order valence-electron chi connectivity index (χ2n) is 5.70. The molecule has 0 atom stereocenters. The van der Waals surface area contributed by atoms with Gasteiger partial charge in [0, 0.05) is 13.0 Å². The Morgan fingerprint density at radius 3 is 1.59 bits per heavy atom. The number of hydrogen-bond donors (Lipinski definition) is 4. The van der Waals surface area contributed by atoms with Crippen molar-refractivity contribution in [3.05, 3.63) is 0 Å². The van der Waals surface area contributed by atoms with E-state index in [9.17, 15) is 19.2 Å². The van der Waals surface area contributed by atoms with Gasteiger partial charge in [-0.2, -0.15) is 0 Å². The topological polar surface area (TPSA) is 162 Å². The van der Waals surface area contributed by atoms with Gasteiger partial charge in [-0.1, -0.05) is 47.0 Å². The van der Waals surface area contributed by atoms with Crippen LogP contribution in [0.25, 0.3) is 0 Å². The fraction of sp³-hybridized carbons (Fsp3) is 0.778. The van der Waals surface area contributed by atoms with E-state index in [0.717, 1.165) is 6.42 Å². The summed E-state index contributed by atoms with van der Waals surface area (Å²) in [7, 11) is 0. The summed E-state index contributed by atoms with van der Waals surface area (Å²) >= 11 is 0. The summed E-state index contributed by atoms with van der Waals surface area (Å²) in [6.45, 7) is 8.25. The third kappa shape index (κ3) is 28.9. The summed E-state index contributed by atoms with van der Waals surface area (Å²) in [6.07, 6.45) is 5.14. The van der Waals surface area contributed by atoms with E-state index in [1.807, 2.05) is 13.8 Å². The highest BCUT2D eigenvalue weighted by atomic mass is 16.2. The Hall–Kier alpha value is -2.16. The first-order valence-corrected chi connectivity index (χ1v) is 9.56.